The summed E-state index contributed by atoms with van der Waals surface area (Å²) >= 11 is 7.16. The minimum atomic E-state index is -0.708. The van der Waals surface area contributed by atoms with Crippen molar-refractivity contribution in [2.75, 3.05) is 80.9 Å². The number of anilines is 5. The minimum absolute atomic E-state index is 0.00955. The van der Waals surface area contributed by atoms with Gasteiger partial charge < -0.3 is 40.1 Å². The lowest BCUT2D eigenvalue weighted by Gasteiger charge is -2.38. The van der Waals surface area contributed by atoms with E-state index in [-0.39, 0.29) is 21.5 Å². The molecule has 2 aliphatic carbocycles. The van der Waals surface area contributed by atoms with Crippen molar-refractivity contribution in [1.82, 2.24) is 24.8 Å². The third-order valence-corrected chi connectivity index (χ3v) is 10.8. The first-order chi connectivity index (χ1) is 26.0. The fourth-order valence-corrected chi connectivity index (χ4v) is 7.18. The van der Waals surface area contributed by atoms with Gasteiger partial charge >= 0.3 is 0 Å². The highest BCUT2D eigenvalue weighted by Crippen LogP contribution is 2.44. The van der Waals surface area contributed by atoms with E-state index >= 15 is 0 Å². The lowest BCUT2D eigenvalue weighted by Crippen LogP contribution is -2.49. The number of benzene rings is 1. The molecule has 0 spiro atoms. The number of nitrogens with zero attached hydrogens (tertiary/aromatic N) is 7. The average molecular weight is 776 g/mol. The van der Waals surface area contributed by atoms with E-state index < -0.39 is 17.3 Å². The van der Waals surface area contributed by atoms with Crippen molar-refractivity contribution >= 4 is 62.9 Å². The van der Waals surface area contributed by atoms with Gasteiger partial charge in [-0.05, 0) is 70.1 Å². The third-order valence-electron chi connectivity index (χ3n) is 9.59. The molecule has 284 valence electrons. The molecule has 1 aliphatic heterocycles. The van der Waals surface area contributed by atoms with Gasteiger partial charge in [-0.15, -0.1) is 0 Å². The van der Waals surface area contributed by atoms with Crippen LogP contribution in [0.15, 0.2) is 60.9 Å². The van der Waals surface area contributed by atoms with E-state index in [1.165, 1.54) is 24.4 Å². The van der Waals surface area contributed by atoms with Crippen LogP contribution in [0.5, 0.6) is 5.75 Å². The van der Waals surface area contributed by atoms with Crippen molar-refractivity contribution in [3.63, 3.8) is 0 Å². The van der Waals surface area contributed by atoms with Crippen LogP contribution in [0.25, 0.3) is 11.3 Å². The Balaban J connectivity index is 1.13. The molecule has 0 radical (unpaired) electrons. The molecule has 3 fully saturated rings. The molecule has 0 unspecified atom stereocenters. The van der Waals surface area contributed by atoms with Crippen LogP contribution < -0.4 is 25.2 Å². The molecule has 3 aromatic heterocycles. The second kappa shape index (κ2) is 15.9. The molecule has 4 heterocycles. The standard InChI is InChI=1S/C38H43ClFN9O4S/c1-46(2)15-5-8-32(50)47-16-18-48(19-17-47)35-29(49(25-9-10-25)23-38(52)13-14-38)20-24(21-41-35)28-11-12-30(53-3)34(43-28)45-37-42-22-31(54-37)36(51)44-33-26(39)6-4-7-27(33)40/h4-8,11-12,20-22,25,52H,9-10,13-19,23H2,1-3H3,(H,44,51)(H,42,43,45)/b8-5+. The molecule has 0 bridgehead atoms. The second-order valence-electron chi connectivity index (χ2n) is 14.1. The number of rotatable bonds is 14. The number of carbonyl (C=O) groups is 2. The molecule has 3 N–H and O–H groups in total. The minimum Gasteiger partial charge on any atom is -0.493 e. The Morgan fingerprint density at radius 1 is 1.13 bits per heavy atom. The maximum absolute atomic E-state index is 14.3. The zero-order valence-corrected chi connectivity index (χ0v) is 32.0. The monoisotopic (exact) mass is 775 g/mol. The van der Waals surface area contributed by atoms with Gasteiger partial charge in [0.25, 0.3) is 5.91 Å². The summed E-state index contributed by atoms with van der Waals surface area (Å²) in [7, 11) is 5.47. The average Bonchev–Trinajstić information content (AvgIpc) is 4.09. The summed E-state index contributed by atoms with van der Waals surface area (Å²) in [5, 5.41) is 17.2. The number of thiazole rings is 1. The number of hydrogen-bond donors (Lipinski definition) is 3. The summed E-state index contributed by atoms with van der Waals surface area (Å²) in [4.78, 5) is 48.7. The van der Waals surface area contributed by atoms with Crippen LogP contribution >= 0.6 is 22.9 Å². The van der Waals surface area contributed by atoms with Gasteiger partial charge in [-0.1, -0.05) is 35.1 Å². The summed E-state index contributed by atoms with van der Waals surface area (Å²) in [5.41, 5.74) is 1.52. The number of carbonyl (C=O) groups excluding carboxylic acids is 2. The van der Waals surface area contributed by atoms with Crippen molar-refractivity contribution < 1.29 is 23.8 Å². The quantitative estimate of drug-likeness (QED) is 0.137. The molecule has 1 saturated heterocycles. The number of ether oxygens (including phenoxy) is 1. The number of aliphatic hydroxyl groups is 1. The van der Waals surface area contributed by atoms with Gasteiger partial charge in [0, 0.05) is 63.1 Å². The van der Waals surface area contributed by atoms with Crippen molar-refractivity contribution in [1.29, 1.82) is 0 Å². The van der Waals surface area contributed by atoms with Crippen molar-refractivity contribution in [3.8, 4) is 17.0 Å². The van der Waals surface area contributed by atoms with Gasteiger partial charge in [0.15, 0.2) is 22.5 Å². The normalized spacial score (nSPS) is 16.5. The van der Waals surface area contributed by atoms with Crippen LogP contribution in [0.1, 0.15) is 35.4 Å². The van der Waals surface area contributed by atoms with Gasteiger partial charge in [0.1, 0.15) is 10.7 Å². The Hall–Kier alpha value is -4.83. The summed E-state index contributed by atoms with van der Waals surface area (Å²) < 4.78 is 19.9. The Kier molecular flexibility index (Phi) is 11.0. The zero-order valence-electron chi connectivity index (χ0n) is 30.4. The predicted molar refractivity (Wildman–Crippen MR) is 210 cm³/mol. The second-order valence-corrected chi connectivity index (χ2v) is 15.5. The SMILES string of the molecule is COc1ccc(-c2cnc(N3CCN(C(=O)/C=C/CN(C)C)CC3)c(N(CC3(O)CC3)C3CC3)c2)nc1Nc1ncc(C(=O)Nc2c(F)cccc2Cl)s1. The number of nitrogens with one attached hydrogen (secondary N) is 2. The number of methoxy groups -OCH3 is 1. The number of likely N-dealkylation sites (N-methyl/N-ethyl adjacent to an activating group) is 1. The molecule has 2 amide bonds. The van der Waals surface area contributed by atoms with Crippen LogP contribution in [-0.2, 0) is 4.79 Å². The van der Waals surface area contributed by atoms with Gasteiger partial charge in [-0.3, -0.25) is 9.59 Å². The Morgan fingerprint density at radius 2 is 1.91 bits per heavy atom. The van der Waals surface area contributed by atoms with Gasteiger partial charge in [0.05, 0.1) is 41.0 Å². The first-order valence-electron chi connectivity index (χ1n) is 17.9. The highest BCUT2D eigenvalue weighted by atomic mass is 35.5. The molecule has 0 atom stereocenters. The molecule has 2 saturated carbocycles. The number of piperazine rings is 1. The lowest BCUT2D eigenvalue weighted by molar-refractivity contribution is -0.126. The third kappa shape index (κ3) is 8.75. The molecule has 13 nitrogen and oxygen atoms in total. The summed E-state index contributed by atoms with van der Waals surface area (Å²) in [6.07, 6.45) is 10.3. The fraction of sp³-hybridized carbons (Fsp3) is 0.395. The van der Waals surface area contributed by atoms with Gasteiger partial charge in [-0.25, -0.2) is 19.3 Å². The molecule has 4 aromatic rings. The molecule has 16 heteroatoms. The Bertz CT molecular complexity index is 2030. The number of amides is 2. The van der Waals surface area contributed by atoms with Crippen LogP contribution in [0.4, 0.5) is 32.5 Å². The maximum Gasteiger partial charge on any atom is 0.267 e. The molecule has 7 rings (SSSR count). The fourth-order valence-electron chi connectivity index (χ4n) is 6.26. The van der Waals surface area contributed by atoms with E-state index in [0.717, 1.165) is 54.1 Å². The Labute approximate surface area is 322 Å². The number of pyridine rings is 2. The first kappa shape index (κ1) is 37.5. The predicted octanol–water partition coefficient (Wildman–Crippen LogP) is 5.66. The van der Waals surface area contributed by atoms with Crippen molar-refractivity contribution in [2.24, 2.45) is 0 Å². The molecule has 54 heavy (non-hydrogen) atoms. The summed E-state index contributed by atoms with van der Waals surface area (Å²) in [5.74, 6) is 0.476. The van der Waals surface area contributed by atoms with Crippen LogP contribution in [0, 0.1) is 5.82 Å². The van der Waals surface area contributed by atoms with E-state index in [9.17, 15) is 19.1 Å². The number of halogens is 2. The van der Waals surface area contributed by atoms with E-state index in [1.807, 2.05) is 36.0 Å². The van der Waals surface area contributed by atoms with Crippen LogP contribution in [0.3, 0.4) is 0 Å². The van der Waals surface area contributed by atoms with E-state index in [1.54, 1.807) is 25.4 Å². The van der Waals surface area contributed by atoms with Crippen LogP contribution in [0.2, 0.25) is 5.02 Å². The smallest absolute Gasteiger partial charge is 0.267 e. The Morgan fingerprint density at radius 3 is 2.59 bits per heavy atom. The van der Waals surface area contributed by atoms with E-state index in [2.05, 4.69) is 31.5 Å². The maximum atomic E-state index is 14.3. The molecule has 1 aromatic carbocycles. The number of aromatic nitrogens is 3. The van der Waals surface area contributed by atoms with Crippen LogP contribution in [-0.4, -0.2) is 114 Å². The van der Waals surface area contributed by atoms with E-state index in [4.69, 9.17) is 26.3 Å². The highest BCUT2D eigenvalue weighted by molar-refractivity contribution is 7.17. The van der Waals surface area contributed by atoms with Gasteiger partial charge in [-0.2, -0.15) is 0 Å². The summed E-state index contributed by atoms with van der Waals surface area (Å²) in [6, 6.07) is 10.2. The largest absolute Gasteiger partial charge is 0.493 e. The highest BCUT2D eigenvalue weighted by Gasteiger charge is 2.45. The van der Waals surface area contributed by atoms with Crippen molar-refractivity contribution in [3.05, 3.63) is 76.7 Å². The van der Waals surface area contributed by atoms with Crippen molar-refractivity contribution in [2.45, 2.75) is 37.3 Å². The topological polar surface area (TPSA) is 139 Å². The molecular weight excluding hydrogens is 733 g/mol. The molecular formula is C38H43ClFN9O4S. The first-order valence-corrected chi connectivity index (χ1v) is 19.1. The number of hydrogen-bond acceptors (Lipinski definition) is 12. The summed E-state index contributed by atoms with van der Waals surface area (Å²) in [6.45, 7) is 3.64. The van der Waals surface area contributed by atoms with E-state index in [0.29, 0.717) is 67.7 Å². The lowest BCUT2D eigenvalue weighted by atomic mass is 10.1. The molecule has 3 aliphatic rings. The zero-order chi connectivity index (χ0) is 38.0. The van der Waals surface area contributed by atoms with Gasteiger partial charge in [0.2, 0.25) is 5.91 Å². The number of para-hydroxylation sites is 1.